The van der Waals surface area contributed by atoms with E-state index in [4.69, 9.17) is 19.3 Å². The second kappa shape index (κ2) is 14.9. The fourth-order valence-electron chi connectivity index (χ4n) is 3.98. The number of aldehydes is 1. The fraction of sp³-hybridized carbons (Fsp3) is 0.188. The van der Waals surface area contributed by atoms with Crippen molar-refractivity contribution in [1.29, 1.82) is 0 Å². The number of aromatic hydroxyl groups is 1. The highest BCUT2D eigenvalue weighted by Gasteiger charge is 2.17. The van der Waals surface area contributed by atoms with Crippen molar-refractivity contribution in [3.8, 4) is 27.7 Å². The summed E-state index contributed by atoms with van der Waals surface area (Å²) in [6.45, 7) is 1.16. The molecule has 218 valence electrons. The lowest BCUT2D eigenvalue weighted by Crippen LogP contribution is -2.19. The molecule has 0 aliphatic rings. The number of phenolic OH excluding ortho intramolecular Hbond substituents is 1. The van der Waals surface area contributed by atoms with E-state index >= 15 is 0 Å². The second-order valence-electron chi connectivity index (χ2n) is 9.19. The van der Waals surface area contributed by atoms with Gasteiger partial charge in [0, 0.05) is 23.7 Å². The molecule has 0 aliphatic carbocycles. The maximum atomic E-state index is 13.6. The van der Waals surface area contributed by atoms with Crippen molar-refractivity contribution >= 4 is 39.3 Å². The van der Waals surface area contributed by atoms with Crippen LogP contribution in [-0.4, -0.2) is 67.4 Å². The van der Waals surface area contributed by atoms with Crippen molar-refractivity contribution in [2.75, 3.05) is 40.0 Å². The zero-order valence-corrected chi connectivity index (χ0v) is 23.7. The van der Waals surface area contributed by atoms with Crippen molar-refractivity contribution in [2.24, 2.45) is 0 Å². The van der Waals surface area contributed by atoms with Crippen LogP contribution >= 0.6 is 11.3 Å². The maximum Gasteiger partial charge on any atom is 0.329 e. The van der Waals surface area contributed by atoms with E-state index in [0.717, 1.165) is 32.4 Å². The molecule has 0 radical (unpaired) electrons. The summed E-state index contributed by atoms with van der Waals surface area (Å²) < 4.78 is 31.1. The van der Waals surface area contributed by atoms with Gasteiger partial charge in [-0.25, -0.2) is 9.18 Å². The Morgan fingerprint density at radius 2 is 1.74 bits per heavy atom. The number of rotatable bonds is 15. The van der Waals surface area contributed by atoms with Gasteiger partial charge in [0.05, 0.1) is 24.7 Å². The Morgan fingerprint density at radius 3 is 2.45 bits per heavy atom. The van der Waals surface area contributed by atoms with Crippen LogP contribution in [0.2, 0.25) is 0 Å². The van der Waals surface area contributed by atoms with E-state index < -0.39 is 5.97 Å². The summed E-state index contributed by atoms with van der Waals surface area (Å²) in [6.07, 6.45) is 5.87. The number of thiophene rings is 1. The molecule has 0 fully saturated rings. The number of carbonyl (C=O) groups is 2. The number of benzene rings is 3. The Morgan fingerprint density at radius 1 is 1.00 bits per heavy atom. The summed E-state index contributed by atoms with van der Waals surface area (Å²) in [6, 6.07) is 18.6. The number of ether oxygens (including phenoxy) is 3. The van der Waals surface area contributed by atoms with Gasteiger partial charge in [0.1, 0.15) is 30.2 Å². The molecule has 2 N–H and O–H groups in total. The van der Waals surface area contributed by atoms with Gasteiger partial charge >= 0.3 is 5.97 Å². The summed E-state index contributed by atoms with van der Waals surface area (Å²) in [4.78, 5) is 24.5. The number of halogens is 1. The average Bonchev–Trinajstić information content (AvgIpc) is 3.32. The smallest absolute Gasteiger partial charge is 0.329 e. The molecule has 3 aromatic carbocycles. The predicted molar refractivity (Wildman–Crippen MR) is 160 cm³/mol. The maximum absolute atomic E-state index is 13.6. The number of carboxylic acid groups (broad SMARTS) is 1. The standard InChI is InChI=1S/C32H30FNO7S/c1-34(15-17-39-18-19-40-21-30(37)38)14-12-23(13-16-35)22-4-9-27(10-5-22)41-31-28-11-8-26(36)20-29(28)42-32(31)24-2-6-25(33)7-3-24/h2-14,16,20,36H,15,17-19,21H2,1H3,(H,37,38)/b14-12-,23-13+. The molecule has 0 spiro atoms. The van der Waals surface area contributed by atoms with Gasteiger partial charge in [0.25, 0.3) is 0 Å². The lowest BCUT2D eigenvalue weighted by atomic mass is 10.1. The molecule has 4 aromatic rings. The van der Waals surface area contributed by atoms with Gasteiger partial charge in [-0.1, -0.05) is 24.3 Å². The number of allylic oxidation sites excluding steroid dienone is 3. The number of nitrogens with zero attached hydrogens (tertiary/aromatic N) is 1. The zero-order valence-electron chi connectivity index (χ0n) is 22.9. The first-order valence-electron chi connectivity index (χ1n) is 13.0. The van der Waals surface area contributed by atoms with Gasteiger partial charge in [-0.15, -0.1) is 11.3 Å². The van der Waals surface area contributed by atoms with Crippen molar-refractivity contribution < 1.29 is 38.4 Å². The van der Waals surface area contributed by atoms with Crippen LogP contribution in [0.1, 0.15) is 5.56 Å². The molecule has 4 rings (SSSR count). The second-order valence-corrected chi connectivity index (χ2v) is 10.2. The van der Waals surface area contributed by atoms with Gasteiger partial charge < -0.3 is 29.3 Å². The Hall–Kier alpha value is -4.51. The largest absolute Gasteiger partial charge is 0.508 e. The van der Waals surface area contributed by atoms with E-state index in [9.17, 15) is 19.1 Å². The summed E-state index contributed by atoms with van der Waals surface area (Å²) in [5, 5.41) is 19.4. The average molecular weight is 592 g/mol. The predicted octanol–water partition coefficient (Wildman–Crippen LogP) is 6.35. The Kier molecular flexibility index (Phi) is 10.8. The molecular weight excluding hydrogens is 561 g/mol. The SMILES string of the molecule is CN(/C=C\C(=C/C=O)c1ccc(Oc2c(-c3ccc(F)cc3)sc3cc(O)ccc23)cc1)CCOCCOCC(=O)O. The number of hydrogen-bond acceptors (Lipinski definition) is 8. The molecular formula is C32H30FNO7S. The quantitative estimate of drug-likeness (QED) is 0.0713. The molecule has 0 saturated carbocycles. The molecule has 0 amide bonds. The van der Waals surface area contributed by atoms with E-state index in [2.05, 4.69) is 0 Å². The fourth-order valence-corrected chi connectivity index (χ4v) is 5.15. The van der Waals surface area contributed by atoms with Crippen LogP contribution in [0.5, 0.6) is 17.2 Å². The first-order valence-corrected chi connectivity index (χ1v) is 13.9. The number of aliphatic carboxylic acids is 1. The molecule has 0 unspecified atom stereocenters. The normalized spacial score (nSPS) is 11.7. The molecule has 0 atom stereocenters. The van der Waals surface area contributed by atoms with E-state index in [0.29, 0.717) is 36.8 Å². The lowest BCUT2D eigenvalue weighted by molar-refractivity contribution is -0.142. The summed E-state index contributed by atoms with van der Waals surface area (Å²) in [7, 11) is 1.87. The summed E-state index contributed by atoms with van der Waals surface area (Å²) >= 11 is 1.45. The van der Waals surface area contributed by atoms with Crippen molar-refractivity contribution in [1.82, 2.24) is 4.90 Å². The van der Waals surface area contributed by atoms with Crippen molar-refractivity contribution in [2.45, 2.75) is 0 Å². The number of hydrogen-bond donors (Lipinski definition) is 2. The van der Waals surface area contributed by atoms with Gasteiger partial charge in [0.15, 0.2) is 5.75 Å². The van der Waals surface area contributed by atoms with Gasteiger partial charge in [-0.05, 0) is 77.5 Å². The molecule has 0 saturated heterocycles. The Bertz CT molecular complexity index is 1560. The highest BCUT2D eigenvalue weighted by molar-refractivity contribution is 7.22. The number of likely N-dealkylation sites (N-methyl/N-ethyl adjacent to an activating group) is 1. The Balaban J connectivity index is 1.43. The molecule has 0 aliphatic heterocycles. The molecule has 10 heteroatoms. The molecule has 42 heavy (non-hydrogen) atoms. The van der Waals surface area contributed by atoms with Crippen LogP contribution < -0.4 is 4.74 Å². The molecule has 1 heterocycles. The zero-order chi connectivity index (χ0) is 29.9. The third-order valence-corrected chi connectivity index (χ3v) is 7.27. The summed E-state index contributed by atoms with van der Waals surface area (Å²) in [5.41, 5.74) is 2.31. The minimum atomic E-state index is -1.02. The lowest BCUT2D eigenvalue weighted by Gasteiger charge is -2.14. The van der Waals surface area contributed by atoms with Gasteiger partial charge in [-0.2, -0.15) is 0 Å². The van der Waals surface area contributed by atoms with Crippen LogP contribution in [-0.2, 0) is 19.1 Å². The third kappa shape index (κ3) is 8.50. The van der Waals surface area contributed by atoms with Gasteiger partial charge in [-0.3, -0.25) is 4.79 Å². The van der Waals surface area contributed by atoms with Crippen molar-refractivity contribution in [3.63, 3.8) is 0 Å². The molecule has 0 bridgehead atoms. The van der Waals surface area contributed by atoms with Crippen LogP contribution in [0, 0.1) is 5.82 Å². The van der Waals surface area contributed by atoms with E-state index in [1.807, 2.05) is 48.5 Å². The van der Waals surface area contributed by atoms with Crippen LogP contribution in [0.25, 0.3) is 26.1 Å². The van der Waals surface area contributed by atoms with Crippen LogP contribution in [0.15, 0.2) is 85.1 Å². The minimum Gasteiger partial charge on any atom is -0.508 e. The molecule has 8 nitrogen and oxygen atoms in total. The van der Waals surface area contributed by atoms with Crippen LogP contribution in [0.4, 0.5) is 4.39 Å². The molecule has 1 aromatic heterocycles. The first kappa shape index (κ1) is 30.4. The summed E-state index contributed by atoms with van der Waals surface area (Å²) in [5.74, 6) is -0.0201. The van der Waals surface area contributed by atoms with Gasteiger partial charge in [0.2, 0.25) is 0 Å². The third-order valence-electron chi connectivity index (χ3n) is 6.08. The Labute approximate surface area is 246 Å². The number of phenols is 1. The van der Waals surface area contributed by atoms with Crippen molar-refractivity contribution in [3.05, 3.63) is 96.5 Å². The highest BCUT2D eigenvalue weighted by Crippen LogP contribution is 2.47. The van der Waals surface area contributed by atoms with E-state index in [1.54, 1.807) is 30.3 Å². The van der Waals surface area contributed by atoms with Crippen LogP contribution in [0.3, 0.4) is 0 Å². The highest BCUT2D eigenvalue weighted by atomic mass is 32.1. The number of carbonyl (C=O) groups excluding carboxylic acids is 1. The number of carboxylic acids is 1. The van der Waals surface area contributed by atoms with E-state index in [1.165, 1.54) is 29.5 Å². The minimum absolute atomic E-state index is 0.147. The van der Waals surface area contributed by atoms with E-state index in [-0.39, 0.29) is 24.8 Å². The first-order chi connectivity index (χ1) is 20.3. The topological polar surface area (TPSA) is 106 Å². The number of fused-ring (bicyclic) bond motifs is 1. The monoisotopic (exact) mass is 591 g/mol.